The first-order valence-electron chi connectivity index (χ1n) is 8.47. The summed E-state index contributed by atoms with van der Waals surface area (Å²) in [7, 11) is 1.41. The van der Waals surface area contributed by atoms with E-state index in [2.05, 4.69) is 0 Å². The lowest BCUT2D eigenvalue weighted by atomic mass is 9.92. The number of ether oxygens (including phenoxy) is 2. The highest BCUT2D eigenvalue weighted by Gasteiger charge is 2.51. The normalized spacial score (nSPS) is 24.9. The van der Waals surface area contributed by atoms with Crippen LogP contribution in [0.25, 0.3) is 0 Å². The molecule has 1 aromatic carbocycles. The van der Waals surface area contributed by atoms with Crippen LogP contribution < -0.4 is 4.74 Å². The number of rotatable bonds is 5. The number of methoxy groups -OCH3 is 1. The maximum Gasteiger partial charge on any atom is 0.254 e. The van der Waals surface area contributed by atoms with E-state index in [-0.39, 0.29) is 16.4 Å². The Kier molecular flexibility index (Phi) is 4.21. The van der Waals surface area contributed by atoms with E-state index in [0.29, 0.717) is 11.7 Å². The quantitative estimate of drug-likeness (QED) is 0.818. The molecule has 2 heterocycles. The minimum absolute atomic E-state index is 0.106. The van der Waals surface area contributed by atoms with E-state index in [4.69, 9.17) is 9.47 Å². The fraction of sp³-hybridized carbons (Fsp3) is 0.611. The summed E-state index contributed by atoms with van der Waals surface area (Å²) in [6.07, 6.45) is 3.97. The lowest BCUT2D eigenvalue weighted by Crippen LogP contribution is -2.60. The van der Waals surface area contributed by atoms with Crippen molar-refractivity contribution in [3.63, 3.8) is 0 Å². The first kappa shape index (κ1) is 16.2. The van der Waals surface area contributed by atoms with Crippen LogP contribution in [0.15, 0.2) is 18.2 Å². The van der Waals surface area contributed by atoms with Crippen LogP contribution in [-0.4, -0.2) is 54.2 Å². The van der Waals surface area contributed by atoms with E-state index in [9.17, 15) is 9.18 Å². The van der Waals surface area contributed by atoms with E-state index in [0.717, 1.165) is 37.8 Å². The Morgan fingerprint density at radius 3 is 2.88 bits per heavy atom. The summed E-state index contributed by atoms with van der Waals surface area (Å²) < 4.78 is 24.8. The molecule has 6 heteroatoms. The van der Waals surface area contributed by atoms with Gasteiger partial charge in [0.15, 0.2) is 11.6 Å². The Morgan fingerprint density at radius 2 is 2.21 bits per heavy atom. The second-order valence-corrected chi connectivity index (χ2v) is 8.60. The van der Waals surface area contributed by atoms with Gasteiger partial charge in [0.1, 0.15) is 0 Å². The van der Waals surface area contributed by atoms with Crippen LogP contribution >= 0.6 is 11.8 Å². The standard InChI is InChI=1S/C18H22FNO3S/c1-22-16-5-4-13(6-15(16)19)17(21)20-10-18(11-20)7-14(9-24-18)23-8-12-2-3-12/h4-6,12,14H,2-3,7-11H2,1H3/t14-/m0/s1. The fourth-order valence-electron chi connectivity index (χ4n) is 3.46. The molecule has 130 valence electrons. The van der Waals surface area contributed by atoms with Gasteiger partial charge in [-0.15, -0.1) is 11.8 Å². The first-order chi connectivity index (χ1) is 11.6. The van der Waals surface area contributed by atoms with E-state index < -0.39 is 5.82 Å². The molecule has 24 heavy (non-hydrogen) atoms. The molecule has 1 atom stereocenters. The van der Waals surface area contributed by atoms with Crippen LogP contribution in [0.4, 0.5) is 4.39 Å². The number of thioether (sulfide) groups is 1. The molecule has 1 aliphatic carbocycles. The van der Waals surface area contributed by atoms with Crippen molar-refractivity contribution in [1.29, 1.82) is 0 Å². The lowest BCUT2D eigenvalue weighted by molar-refractivity contribution is 0.0286. The second-order valence-electron chi connectivity index (χ2n) is 7.11. The Hall–Kier alpha value is -1.27. The Bertz CT molecular complexity index is 643. The molecule has 1 amide bonds. The maximum atomic E-state index is 13.8. The summed E-state index contributed by atoms with van der Waals surface area (Å²) in [5.74, 6) is 1.36. The van der Waals surface area contributed by atoms with E-state index >= 15 is 0 Å². The van der Waals surface area contributed by atoms with Crippen molar-refractivity contribution < 1.29 is 18.7 Å². The molecule has 1 aromatic rings. The number of hydrogen-bond donors (Lipinski definition) is 0. The average Bonchev–Trinajstić information content (AvgIpc) is 3.28. The SMILES string of the molecule is COc1ccc(C(=O)N2CC3(C[C@H](OCC4CC4)CS3)C2)cc1F. The summed E-state index contributed by atoms with van der Waals surface area (Å²) in [4.78, 5) is 14.3. The van der Waals surface area contributed by atoms with Crippen LogP contribution in [0, 0.1) is 11.7 Å². The van der Waals surface area contributed by atoms with Crippen molar-refractivity contribution >= 4 is 17.7 Å². The van der Waals surface area contributed by atoms with Crippen molar-refractivity contribution in [2.75, 3.05) is 32.6 Å². The molecule has 0 N–H and O–H groups in total. The smallest absolute Gasteiger partial charge is 0.254 e. The highest BCUT2D eigenvalue weighted by atomic mass is 32.2. The minimum Gasteiger partial charge on any atom is -0.494 e. The van der Waals surface area contributed by atoms with Gasteiger partial charge in [0.25, 0.3) is 5.91 Å². The van der Waals surface area contributed by atoms with Crippen molar-refractivity contribution in [2.24, 2.45) is 5.92 Å². The van der Waals surface area contributed by atoms with Gasteiger partial charge in [0.05, 0.1) is 18.0 Å². The monoisotopic (exact) mass is 351 g/mol. The topological polar surface area (TPSA) is 38.8 Å². The number of carbonyl (C=O) groups is 1. The highest BCUT2D eigenvalue weighted by Crippen LogP contribution is 2.46. The van der Waals surface area contributed by atoms with Gasteiger partial charge in [0.2, 0.25) is 0 Å². The summed E-state index contributed by atoms with van der Waals surface area (Å²) in [5, 5.41) is 0. The molecule has 2 saturated heterocycles. The number of hydrogen-bond acceptors (Lipinski definition) is 4. The Morgan fingerprint density at radius 1 is 1.42 bits per heavy atom. The Balaban J connectivity index is 1.31. The zero-order valence-corrected chi connectivity index (χ0v) is 14.6. The van der Waals surface area contributed by atoms with Gasteiger partial charge in [0, 0.05) is 31.0 Å². The average molecular weight is 351 g/mol. The molecular formula is C18H22FNO3S. The van der Waals surface area contributed by atoms with Gasteiger partial charge >= 0.3 is 0 Å². The van der Waals surface area contributed by atoms with Gasteiger partial charge in [-0.2, -0.15) is 0 Å². The zero-order valence-electron chi connectivity index (χ0n) is 13.8. The third-order valence-corrected chi connectivity index (χ3v) is 6.66. The largest absolute Gasteiger partial charge is 0.494 e. The van der Waals surface area contributed by atoms with Gasteiger partial charge in [-0.25, -0.2) is 4.39 Å². The van der Waals surface area contributed by atoms with Crippen LogP contribution in [0.2, 0.25) is 0 Å². The highest BCUT2D eigenvalue weighted by molar-refractivity contribution is 8.01. The summed E-state index contributed by atoms with van der Waals surface area (Å²) >= 11 is 1.92. The van der Waals surface area contributed by atoms with Gasteiger partial charge < -0.3 is 14.4 Å². The maximum absolute atomic E-state index is 13.8. The fourth-order valence-corrected chi connectivity index (χ4v) is 5.01. The van der Waals surface area contributed by atoms with Crippen molar-refractivity contribution in [1.82, 2.24) is 4.90 Å². The first-order valence-corrected chi connectivity index (χ1v) is 9.45. The van der Waals surface area contributed by atoms with E-state index in [1.807, 2.05) is 11.8 Å². The molecule has 1 spiro atoms. The van der Waals surface area contributed by atoms with Crippen LogP contribution in [0.5, 0.6) is 5.75 Å². The molecule has 2 aliphatic heterocycles. The predicted octanol–water partition coefficient (Wildman–Crippen LogP) is 2.96. The summed E-state index contributed by atoms with van der Waals surface area (Å²) in [6.45, 7) is 2.36. The summed E-state index contributed by atoms with van der Waals surface area (Å²) in [6, 6.07) is 4.39. The third kappa shape index (κ3) is 3.14. The number of halogens is 1. The van der Waals surface area contributed by atoms with Crippen molar-refractivity contribution in [2.45, 2.75) is 30.1 Å². The molecule has 1 saturated carbocycles. The number of nitrogens with zero attached hydrogens (tertiary/aromatic N) is 1. The molecule has 4 rings (SSSR count). The molecule has 3 fully saturated rings. The van der Waals surface area contributed by atoms with Gasteiger partial charge in [-0.05, 0) is 43.4 Å². The van der Waals surface area contributed by atoms with Crippen LogP contribution in [0.3, 0.4) is 0 Å². The van der Waals surface area contributed by atoms with E-state index in [1.54, 1.807) is 11.0 Å². The minimum atomic E-state index is -0.498. The number of benzene rings is 1. The molecule has 0 aromatic heterocycles. The third-order valence-electron chi connectivity index (χ3n) is 5.08. The van der Waals surface area contributed by atoms with Crippen molar-refractivity contribution in [3.05, 3.63) is 29.6 Å². The van der Waals surface area contributed by atoms with Crippen LogP contribution in [-0.2, 0) is 4.74 Å². The zero-order chi connectivity index (χ0) is 16.7. The lowest BCUT2D eigenvalue weighted by Gasteiger charge is -2.47. The number of likely N-dealkylation sites (tertiary alicyclic amines) is 1. The van der Waals surface area contributed by atoms with Crippen LogP contribution in [0.1, 0.15) is 29.6 Å². The van der Waals surface area contributed by atoms with Crippen molar-refractivity contribution in [3.8, 4) is 5.75 Å². The second kappa shape index (κ2) is 6.23. The number of amides is 1. The molecular weight excluding hydrogens is 329 g/mol. The van der Waals surface area contributed by atoms with Gasteiger partial charge in [-0.1, -0.05) is 0 Å². The summed E-state index contributed by atoms with van der Waals surface area (Å²) in [5.41, 5.74) is 0.382. The number of carbonyl (C=O) groups excluding carboxylic acids is 1. The molecule has 0 unspecified atom stereocenters. The molecule has 4 nitrogen and oxygen atoms in total. The van der Waals surface area contributed by atoms with Gasteiger partial charge in [-0.3, -0.25) is 4.79 Å². The Labute approximate surface area is 145 Å². The van der Waals surface area contributed by atoms with E-state index in [1.165, 1.54) is 32.1 Å². The molecule has 3 aliphatic rings. The molecule has 0 radical (unpaired) electrons. The predicted molar refractivity (Wildman–Crippen MR) is 91.1 cm³/mol. The molecule has 0 bridgehead atoms.